The predicted molar refractivity (Wildman–Crippen MR) is 105 cm³/mol. The number of benzene rings is 2. The maximum atomic E-state index is 10.3. The van der Waals surface area contributed by atoms with Crippen LogP contribution in [0.3, 0.4) is 0 Å². The molecule has 1 aliphatic rings. The van der Waals surface area contributed by atoms with Gasteiger partial charge in [0.05, 0.1) is 12.2 Å². The Bertz CT molecular complexity index is 570. The van der Waals surface area contributed by atoms with Crippen LogP contribution in [-0.2, 0) is 12.8 Å². The number of hydrogen-bond donors (Lipinski definition) is 2. The number of rotatable bonds is 8. The van der Waals surface area contributed by atoms with Gasteiger partial charge in [0.1, 0.15) is 0 Å². The summed E-state index contributed by atoms with van der Waals surface area (Å²) in [5, 5.41) is 20.7. The molecule has 0 amide bonds. The first-order valence-corrected chi connectivity index (χ1v) is 9.58. The van der Waals surface area contributed by atoms with Gasteiger partial charge < -0.3 is 10.2 Å². The molecule has 1 saturated heterocycles. The normalized spacial score (nSPS) is 18.5. The van der Waals surface area contributed by atoms with E-state index < -0.39 is 0 Å². The van der Waals surface area contributed by atoms with E-state index in [0.717, 1.165) is 39.3 Å². The summed E-state index contributed by atoms with van der Waals surface area (Å²) in [6, 6.07) is 20.3. The van der Waals surface area contributed by atoms with E-state index in [1.165, 1.54) is 11.1 Å². The summed E-state index contributed by atoms with van der Waals surface area (Å²) in [5.74, 6) is 0. The average molecular weight is 354 g/mol. The minimum absolute atomic E-state index is 0.326. The molecule has 4 heteroatoms. The molecule has 1 aliphatic heterocycles. The number of nitrogens with zero attached hydrogens (tertiary/aromatic N) is 2. The lowest BCUT2D eigenvalue weighted by Gasteiger charge is -2.36. The molecule has 0 saturated carbocycles. The number of piperazine rings is 1. The van der Waals surface area contributed by atoms with Crippen LogP contribution < -0.4 is 0 Å². The van der Waals surface area contributed by atoms with Crippen LogP contribution in [-0.4, -0.2) is 71.5 Å². The van der Waals surface area contributed by atoms with Crippen molar-refractivity contribution in [3.05, 3.63) is 71.8 Å². The highest BCUT2D eigenvalue weighted by atomic mass is 16.3. The molecule has 4 nitrogen and oxygen atoms in total. The molecule has 2 N–H and O–H groups in total. The molecule has 2 aromatic rings. The molecule has 140 valence electrons. The summed E-state index contributed by atoms with van der Waals surface area (Å²) in [5.41, 5.74) is 2.37. The highest BCUT2D eigenvalue weighted by Crippen LogP contribution is 2.09. The van der Waals surface area contributed by atoms with Gasteiger partial charge in [0.2, 0.25) is 0 Å². The smallest absolute Gasteiger partial charge is 0.0707 e. The molecule has 0 bridgehead atoms. The quantitative estimate of drug-likeness (QED) is 0.759. The van der Waals surface area contributed by atoms with Gasteiger partial charge >= 0.3 is 0 Å². The number of hydrogen-bond acceptors (Lipinski definition) is 4. The minimum Gasteiger partial charge on any atom is -0.391 e. The Balaban J connectivity index is 1.36. The van der Waals surface area contributed by atoms with Crippen molar-refractivity contribution in [2.45, 2.75) is 25.0 Å². The largest absolute Gasteiger partial charge is 0.391 e. The van der Waals surface area contributed by atoms with Gasteiger partial charge in [-0.15, -0.1) is 0 Å². The first-order chi connectivity index (χ1) is 12.7. The standard InChI is InChI=1S/C22H30N2O2/c25-21(15-19-7-3-1-4-8-19)17-23-11-13-24(14-12-23)18-22(26)16-20-9-5-2-6-10-20/h1-10,21-22,25-26H,11-18H2/t21-,22-/m0/s1. The van der Waals surface area contributed by atoms with Gasteiger partial charge in [-0.05, 0) is 24.0 Å². The van der Waals surface area contributed by atoms with Gasteiger partial charge in [0.25, 0.3) is 0 Å². The fraction of sp³-hybridized carbons (Fsp3) is 0.455. The van der Waals surface area contributed by atoms with E-state index in [0.29, 0.717) is 12.8 Å². The summed E-state index contributed by atoms with van der Waals surface area (Å²) < 4.78 is 0. The summed E-state index contributed by atoms with van der Waals surface area (Å²) >= 11 is 0. The van der Waals surface area contributed by atoms with Crippen molar-refractivity contribution in [3.63, 3.8) is 0 Å². The lowest BCUT2D eigenvalue weighted by Crippen LogP contribution is -2.50. The first kappa shape index (κ1) is 19.1. The Morgan fingerprint density at radius 2 is 0.962 bits per heavy atom. The molecule has 0 radical (unpaired) electrons. The van der Waals surface area contributed by atoms with E-state index >= 15 is 0 Å². The van der Waals surface area contributed by atoms with Crippen molar-refractivity contribution >= 4 is 0 Å². The zero-order chi connectivity index (χ0) is 18.2. The van der Waals surface area contributed by atoms with Crippen LogP contribution >= 0.6 is 0 Å². The van der Waals surface area contributed by atoms with E-state index in [1.54, 1.807) is 0 Å². The molecule has 1 fully saturated rings. The van der Waals surface area contributed by atoms with Gasteiger partial charge in [-0.3, -0.25) is 9.80 Å². The van der Waals surface area contributed by atoms with E-state index in [4.69, 9.17) is 0 Å². The molecule has 0 aliphatic carbocycles. The molecular weight excluding hydrogens is 324 g/mol. The number of aliphatic hydroxyl groups is 2. The Hall–Kier alpha value is -1.72. The molecule has 0 aromatic heterocycles. The van der Waals surface area contributed by atoms with Crippen molar-refractivity contribution in [1.29, 1.82) is 0 Å². The third-order valence-electron chi connectivity index (χ3n) is 5.03. The number of β-amino-alcohol motifs (C(OH)–C–C–N with tert-alkyl or cyclic N) is 2. The van der Waals surface area contributed by atoms with Gasteiger partial charge in [0.15, 0.2) is 0 Å². The zero-order valence-corrected chi connectivity index (χ0v) is 15.4. The molecule has 2 aromatic carbocycles. The fourth-order valence-corrected chi connectivity index (χ4v) is 3.65. The summed E-state index contributed by atoms with van der Waals surface area (Å²) in [7, 11) is 0. The van der Waals surface area contributed by atoms with Crippen LogP contribution in [0.2, 0.25) is 0 Å². The molecular formula is C22H30N2O2. The highest BCUT2D eigenvalue weighted by Gasteiger charge is 2.21. The lowest BCUT2D eigenvalue weighted by molar-refractivity contribution is 0.0490. The van der Waals surface area contributed by atoms with Crippen molar-refractivity contribution in [3.8, 4) is 0 Å². The lowest BCUT2D eigenvalue weighted by atomic mass is 10.1. The van der Waals surface area contributed by atoms with Crippen LogP contribution in [0.1, 0.15) is 11.1 Å². The summed E-state index contributed by atoms with van der Waals surface area (Å²) in [4.78, 5) is 4.65. The second-order valence-corrected chi connectivity index (χ2v) is 7.29. The Kier molecular flexibility index (Phi) is 7.21. The molecule has 0 unspecified atom stereocenters. The van der Waals surface area contributed by atoms with Crippen LogP contribution in [0.5, 0.6) is 0 Å². The third kappa shape index (κ3) is 6.22. The Morgan fingerprint density at radius 1 is 0.615 bits per heavy atom. The Morgan fingerprint density at radius 3 is 1.31 bits per heavy atom. The van der Waals surface area contributed by atoms with Gasteiger partial charge in [-0.2, -0.15) is 0 Å². The highest BCUT2D eigenvalue weighted by molar-refractivity contribution is 5.16. The second-order valence-electron chi connectivity index (χ2n) is 7.29. The van der Waals surface area contributed by atoms with Crippen LogP contribution in [0.15, 0.2) is 60.7 Å². The van der Waals surface area contributed by atoms with Crippen molar-refractivity contribution in [2.24, 2.45) is 0 Å². The summed E-state index contributed by atoms with van der Waals surface area (Å²) in [6.45, 7) is 5.23. The van der Waals surface area contributed by atoms with Gasteiger partial charge in [-0.25, -0.2) is 0 Å². The maximum absolute atomic E-state index is 10.3. The van der Waals surface area contributed by atoms with E-state index in [9.17, 15) is 10.2 Å². The minimum atomic E-state index is -0.326. The number of aliphatic hydroxyl groups excluding tert-OH is 2. The van der Waals surface area contributed by atoms with Gasteiger partial charge in [0, 0.05) is 39.3 Å². The summed E-state index contributed by atoms with van der Waals surface area (Å²) in [6.07, 6.45) is 0.758. The van der Waals surface area contributed by atoms with Crippen LogP contribution in [0, 0.1) is 0 Å². The molecule has 0 spiro atoms. The van der Waals surface area contributed by atoms with Crippen LogP contribution in [0.4, 0.5) is 0 Å². The fourth-order valence-electron chi connectivity index (χ4n) is 3.65. The predicted octanol–water partition coefficient (Wildman–Crippen LogP) is 1.81. The van der Waals surface area contributed by atoms with Crippen molar-refractivity contribution < 1.29 is 10.2 Å². The van der Waals surface area contributed by atoms with Crippen molar-refractivity contribution in [2.75, 3.05) is 39.3 Å². The van der Waals surface area contributed by atoms with Crippen LogP contribution in [0.25, 0.3) is 0 Å². The molecule has 2 atom stereocenters. The van der Waals surface area contributed by atoms with E-state index in [2.05, 4.69) is 34.1 Å². The zero-order valence-electron chi connectivity index (χ0n) is 15.4. The molecule has 26 heavy (non-hydrogen) atoms. The maximum Gasteiger partial charge on any atom is 0.0707 e. The second kappa shape index (κ2) is 9.83. The topological polar surface area (TPSA) is 46.9 Å². The van der Waals surface area contributed by atoms with E-state index in [1.807, 2.05) is 36.4 Å². The van der Waals surface area contributed by atoms with Gasteiger partial charge in [-0.1, -0.05) is 60.7 Å². The monoisotopic (exact) mass is 354 g/mol. The first-order valence-electron chi connectivity index (χ1n) is 9.58. The molecule has 3 rings (SSSR count). The van der Waals surface area contributed by atoms with Crippen molar-refractivity contribution in [1.82, 2.24) is 9.80 Å². The molecule has 1 heterocycles. The Labute approximate surface area is 156 Å². The van der Waals surface area contributed by atoms with E-state index in [-0.39, 0.29) is 12.2 Å². The SMILES string of the molecule is O[C@@H](Cc1ccccc1)CN1CCN(C[C@@H](O)Cc2ccccc2)CC1. The third-order valence-corrected chi connectivity index (χ3v) is 5.03. The average Bonchev–Trinajstić information content (AvgIpc) is 2.65.